The Balaban J connectivity index is 1.60. The Morgan fingerprint density at radius 2 is 2.35 bits per heavy atom. The lowest BCUT2D eigenvalue weighted by molar-refractivity contribution is -0.138. The molecule has 3 rings (SSSR count). The number of amides is 1. The number of nitrogens with one attached hydrogen (secondary N) is 1. The fourth-order valence-corrected chi connectivity index (χ4v) is 2.83. The fraction of sp³-hybridized carbons (Fsp3) is 0.600. The molecule has 0 radical (unpaired) electrons. The van der Waals surface area contributed by atoms with Crippen molar-refractivity contribution in [3.63, 3.8) is 0 Å². The Labute approximate surface area is 134 Å². The zero-order valence-electron chi connectivity index (χ0n) is 13.6. The number of aromatic nitrogens is 4. The van der Waals surface area contributed by atoms with Crippen LogP contribution in [0.3, 0.4) is 0 Å². The normalized spacial score (nSPS) is 16.9. The maximum absolute atomic E-state index is 12.5. The highest BCUT2D eigenvalue weighted by Gasteiger charge is 2.31. The van der Waals surface area contributed by atoms with Gasteiger partial charge in [0.25, 0.3) is 5.89 Å². The van der Waals surface area contributed by atoms with Gasteiger partial charge in [-0.2, -0.15) is 10.1 Å². The highest BCUT2D eigenvalue weighted by molar-refractivity contribution is 5.77. The third-order valence-corrected chi connectivity index (χ3v) is 3.82. The predicted molar refractivity (Wildman–Crippen MR) is 80.2 cm³/mol. The van der Waals surface area contributed by atoms with E-state index in [1.54, 1.807) is 13.1 Å². The Morgan fingerprint density at radius 1 is 1.52 bits per heavy atom. The van der Waals surface area contributed by atoms with Gasteiger partial charge in [-0.1, -0.05) is 19.0 Å². The Kier molecular flexibility index (Phi) is 4.16. The maximum atomic E-state index is 12.5. The van der Waals surface area contributed by atoms with Gasteiger partial charge in [0, 0.05) is 24.3 Å². The van der Waals surface area contributed by atoms with Crippen LogP contribution in [0.2, 0.25) is 0 Å². The number of ether oxygens (including phenoxy) is 1. The van der Waals surface area contributed by atoms with Crippen molar-refractivity contribution in [2.24, 2.45) is 5.41 Å². The van der Waals surface area contributed by atoms with Crippen LogP contribution in [0.1, 0.15) is 36.8 Å². The minimum atomic E-state index is -0.0524. The van der Waals surface area contributed by atoms with Crippen molar-refractivity contribution in [2.45, 2.75) is 40.3 Å². The van der Waals surface area contributed by atoms with Crippen LogP contribution in [0.25, 0.3) is 0 Å². The Hall–Kier alpha value is -2.22. The number of H-pyrrole nitrogens is 1. The highest BCUT2D eigenvalue weighted by Crippen LogP contribution is 2.28. The van der Waals surface area contributed by atoms with Crippen molar-refractivity contribution in [3.05, 3.63) is 29.2 Å². The Morgan fingerprint density at radius 3 is 3.09 bits per heavy atom. The van der Waals surface area contributed by atoms with E-state index in [1.165, 1.54) is 0 Å². The average molecular weight is 319 g/mol. The van der Waals surface area contributed by atoms with Crippen molar-refractivity contribution in [1.29, 1.82) is 0 Å². The van der Waals surface area contributed by atoms with E-state index in [1.807, 2.05) is 4.90 Å². The number of fused-ring (bicyclic) bond motifs is 1. The monoisotopic (exact) mass is 319 g/mol. The van der Waals surface area contributed by atoms with Crippen LogP contribution < -0.4 is 0 Å². The number of carbonyl (C=O) groups excluding carboxylic acids is 1. The van der Waals surface area contributed by atoms with E-state index >= 15 is 0 Å². The molecule has 0 atom stereocenters. The van der Waals surface area contributed by atoms with Crippen LogP contribution in [0.15, 0.2) is 10.7 Å². The molecule has 124 valence electrons. The summed E-state index contributed by atoms with van der Waals surface area (Å²) in [5.74, 6) is 0.878. The molecule has 1 aliphatic rings. The molecule has 0 saturated carbocycles. The van der Waals surface area contributed by atoms with Crippen molar-refractivity contribution in [1.82, 2.24) is 25.2 Å². The van der Waals surface area contributed by atoms with Gasteiger partial charge in [-0.3, -0.25) is 9.89 Å². The summed E-state index contributed by atoms with van der Waals surface area (Å²) >= 11 is 0. The van der Waals surface area contributed by atoms with Gasteiger partial charge in [-0.25, -0.2) is 0 Å². The van der Waals surface area contributed by atoms with E-state index in [4.69, 9.17) is 9.26 Å². The van der Waals surface area contributed by atoms with Gasteiger partial charge in [-0.15, -0.1) is 0 Å². The number of carbonyl (C=O) groups is 1. The SMILES string of the molecule is Cc1noc(COCC(=O)N2Cc3cn[nH]c3CC(C)(C)C2)n1. The van der Waals surface area contributed by atoms with Gasteiger partial charge in [0.1, 0.15) is 13.2 Å². The molecule has 0 fully saturated rings. The topological polar surface area (TPSA) is 97.1 Å². The van der Waals surface area contributed by atoms with Gasteiger partial charge in [0.05, 0.1) is 6.20 Å². The molecule has 1 amide bonds. The molecule has 0 saturated heterocycles. The van der Waals surface area contributed by atoms with Crippen LogP contribution in [-0.4, -0.2) is 44.3 Å². The zero-order chi connectivity index (χ0) is 16.4. The van der Waals surface area contributed by atoms with Crippen molar-refractivity contribution < 1.29 is 14.1 Å². The van der Waals surface area contributed by atoms with E-state index in [0.717, 1.165) is 17.7 Å². The summed E-state index contributed by atoms with van der Waals surface area (Å²) < 4.78 is 10.4. The second-order valence-electron chi connectivity index (χ2n) is 6.69. The molecule has 0 unspecified atom stereocenters. The van der Waals surface area contributed by atoms with Crippen LogP contribution in [-0.2, 0) is 29.1 Å². The van der Waals surface area contributed by atoms with E-state index in [-0.39, 0.29) is 24.5 Å². The molecular weight excluding hydrogens is 298 g/mol. The third-order valence-electron chi connectivity index (χ3n) is 3.82. The molecule has 2 aromatic heterocycles. The molecule has 8 nitrogen and oxygen atoms in total. The Bertz CT molecular complexity index is 691. The number of aryl methyl sites for hydroxylation is 1. The van der Waals surface area contributed by atoms with E-state index in [0.29, 0.717) is 24.8 Å². The maximum Gasteiger partial charge on any atom is 0.252 e. The first kappa shape index (κ1) is 15.7. The third kappa shape index (κ3) is 3.76. The van der Waals surface area contributed by atoms with Gasteiger partial charge in [-0.05, 0) is 18.8 Å². The fourth-order valence-electron chi connectivity index (χ4n) is 2.83. The second kappa shape index (κ2) is 6.11. The molecule has 23 heavy (non-hydrogen) atoms. The van der Waals surface area contributed by atoms with Crippen LogP contribution in [0, 0.1) is 12.3 Å². The lowest BCUT2D eigenvalue weighted by Crippen LogP contribution is -2.39. The lowest BCUT2D eigenvalue weighted by atomic mass is 9.88. The molecule has 0 aliphatic carbocycles. The summed E-state index contributed by atoms with van der Waals surface area (Å²) in [6.07, 6.45) is 2.66. The molecule has 0 aromatic carbocycles. The number of rotatable bonds is 4. The molecule has 1 aliphatic heterocycles. The number of nitrogens with zero attached hydrogens (tertiary/aromatic N) is 4. The average Bonchev–Trinajstić information content (AvgIpc) is 3.04. The molecular formula is C15H21N5O3. The minimum Gasteiger partial charge on any atom is -0.362 e. The van der Waals surface area contributed by atoms with Crippen LogP contribution >= 0.6 is 0 Å². The summed E-state index contributed by atoms with van der Waals surface area (Å²) in [5, 5.41) is 10.8. The molecule has 8 heteroatoms. The quantitative estimate of drug-likeness (QED) is 0.910. The minimum absolute atomic E-state index is 0.00923. The molecule has 0 bridgehead atoms. The largest absolute Gasteiger partial charge is 0.362 e. The summed E-state index contributed by atoms with van der Waals surface area (Å²) in [6.45, 7) is 7.39. The number of hydrogen-bond acceptors (Lipinski definition) is 6. The smallest absolute Gasteiger partial charge is 0.252 e. The number of aromatic amines is 1. The second-order valence-corrected chi connectivity index (χ2v) is 6.69. The standard InChI is InChI=1S/C15H21N5O3/c1-10-17-13(23-19-10)7-22-8-14(21)20-6-11-5-16-18-12(11)4-15(2,3)9-20/h5H,4,6-9H2,1-3H3,(H,16,18). The first-order valence-corrected chi connectivity index (χ1v) is 7.59. The van der Waals surface area contributed by atoms with Crippen LogP contribution in [0.4, 0.5) is 0 Å². The predicted octanol–water partition coefficient (Wildman–Crippen LogP) is 1.23. The summed E-state index contributed by atoms with van der Waals surface area (Å²) in [4.78, 5) is 18.3. The van der Waals surface area contributed by atoms with Crippen molar-refractivity contribution in [2.75, 3.05) is 13.2 Å². The van der Waals surface area contributed by atoms with E-state index in [9.17, 15) is 4.79 Å². The van der Waals surface area contributed by atoms with Crippen LogP contribution in [0.5, 0.6) is 0 Å². The lowest BCUT2D eigenvalue weighted by Gasteiger charge is -2.29. The molecule has 3 heterocycles. The number of hydrogen-bond donors (Lipinski definition) is 1. The first-order chi connectivity index (χ1) is 10.9. The summed E-state index contributed by atoms with van der Waals surface area (Å²) in [6, 6.07) is 0. The van der Waals surface area contributed by atoms with Gasteiger partial charge >= 0.3 is 0 Å². The summed E-state index contributed by atoms with van der Waals surface area (Å²) in [5.41, 5.74) is 2.15. The zero-order valence-corrected chi connectivity index (χ0v) is 13.6. The van der Waals surface area contributed by atoms with Crippen molar-refractivity contribution >= 4 is 5.91 Å². The highest BCUT2D eigenvalue weighted by atomic mass is 16.5. The molecule has 1 N–H and O–H groups in total. The van der Waals surface area contributed by atoms with Gasteiger partial charge in [0.15, 0.2) is 5.82 Å². The van der Waals surface area contributed by atoms with Gasteiger partial charge < -0.3 is 14.2 Å². The van der Waals surface area contributed by atoms with Crippen molar-refractivity contribution in [3.8, 4) is 0 Å². The van der Waals surface area contributed by atoms with Gasteiger partial charge in [0.2, 0.25) is 5.91 Å². The summed E-state index contributed by atoms with van der Waals surface area (Å²) in [7, 11) is 0. The molecule has 0 spiro atoms. The van der Waals surface area contributed by atoms with E-state index in [2.05, 4.69) is 34.2 Å². The first-order valence-electron chi connectivity index (χ1n) is 7.59. The van der Waals surface area contributed by atoms with E-state index < -0.39 is 0 Å². The molecule has 2 aromatic rings.